The number of benzene rings is 1. The fourth-order valence-corrected chi connectivity index (χ4v) is 3.51. The normalized spacial score (nSPS) is 12.3. The number of nitrogens with zero attached hydrogens (tertiary/aromatic N) is 2. The SMILES string of the molecule is CCCN(CCC(C)(C)C)C(=O)Cn1c(=O)c(C(C)(C)C)cc2ccc(OC)cc21. The quantitative estimate of drug-likeness (QED) is 0.642. The minimum atomic E-state index is -0.314. The van der Waals surface area contributed by atoms with Crippen LogP contribution in [0.25, 0.3) is 10.9 Å². The van der Waals surface area contributed by atoms with Crippen molar-refractivity contribution in [2.24, 2.45) is 5.41 Å². The van der Waals surface area contributed by atoms with Gasteiger partial charge in [0, 0.05) is 24.7 Å². The van der Waals surface area contributed by atoms with Gasteiger partial charge in [-0.2, -0.15) is 0 Å². The topological polar surface area (TPSA) is 51.5 Å². The van der Waals surface area contributed by atoms with Gasteiger partial charge in [-0.3, -0.25) is 14.2 Å². The highest BCUT2D eigenvalue weighted by Crippen LogP contribution is 2.26. The molecular weight excluding hydrogens is 376 g/mol. The number of hydrogen-bond acceptors (Lipinski definition) is 3. The van der Waals surface area contributed by atoms with Crippen LogP contribution in [0.4, 0.5) is 0 Å². The molecule has 0 aliphatic carbocycles. The first-order valence-electron chi connectivity index (χ1n) is 10.9. The lowest BCUT2D eigenvalue weighted by Crippen LogP contribution is -2.40. The van der Waals surface area contributed by atoms with Crippen LogP contribution in [-0.2, 0) is 16.8 Å². The van der Waals surface area contributed by atoms with Crippen LogP contribution in [0.1, 0.15) is 66.9 Å². The molecule has 0 saturated carbocycles. The predicted octanol–water partition coefficient (Wildman–Crippen LogP) is 4.98. The van der Waals surface area contributed by atoms with Gasteiger partial charge in [-0.15, -0.1) is 0 Å². The molecule has 0 bridgehead atoms. The molecule has 2 aromatic rings. The average Bonchev–Trinajstić information content (AvgIpc) is 2.64. The Balaban J connectivity index is 2.53. The lowest BCUT2D eigenvalue weighted by Gasteiger charge is -2.28. The van der Waals surface area contributed by atoms with Gasteiger partial charge in [0.25, 0.3) is 5.56 Å². The first kappa shape index (κ1) is 24.0. The lowest BCUT2D eigenvalue weighted by molar-refractivity contribution is -0.132. The largest absolute Gasteiger partial charge is 0.497 e. The van der Waals surface area contributed by atoms with Gasteiger partial charge in [0.05, 0.1) is 12.6 Å². The van der Waals surface area contributed by atoms with Gasteiger partial charge in [-0.1, -0.05) is 48.5 Å². The number of ether oxygens (including phenoxy) is 1. The van der Waals surface area contributed by atoms with Gasteiger partial charge >= 0.3 is 0 Å². The third-order valence-corrected chi connectivity index (χ3v) is 5.38. The monoisotopic (exact) mass is 414 g/mol. The van der Waals surface area contributed by atoms with Gasteiger partial charge in [-0.25, -0.2) is 0 Å². The van der Waals surface area contributed by atoms with E-state index < -0.39 is 0 Å². The number of aromatic nitrogens is 1. The maximum Gasteiger partial charge on any atom is 0.255 e. The molecule has 1 amide bonds. The molecule has 0 saturated heterocycles. The summed E-state index contributed by atoms with van der Waals surface area (Å²) in [5.74, 6) is 0.656. The molecule has 2 rings (SSSR count). The van der Waals surface area contributed by atoms with Gasteiger partial charge in [0.1, 0.15) is 12.3 Å². The lowest BCUT2D eigenvalue weighted by atomic mass is 9.87. The fourth-order valence-electron chi connectivity index (χ4n) is 3.51. The maximum absolute atomic E-state index is 13.4. The van der Waals surface area contributed by atoms with Crippen molar-refractivity contribution in [1.82, 2.24) is 9.47 Å². The van der Waals surface area contributed by atoms with Crippen LogP contribution in [0.15, 0.2) is 29.1 Å². The Labute approximate surface area is 181 Å². The van der Waals surface area contributed by atoms with E-state index in [1.165, 1.54) is 0 Å². The van der Waals surface area contributed by atoms with Crippen molar-refractivity contribution in [3.8, 4) is 5.75 Å². The first-order chi connectivity index (χ1) is 13.9. The summed E-state index contributed by atoms with van der Waals surface area (Å²) in [6.45, 7) is 16.1. The predicted molar refractivity (Wildman–Crippen MR) is 124 cm³/mol. The Hall–Kier alpha value is -2.30. The number of amides is 1. The van der Waals surface area contributed by atoms with E-state index in [4.69, 9.17) is 4.74 Å². The van der Waals surface area contributed by atoms with Crippen LogP contribution >= 0.6 is 0 Å². The summed E-state index contributed by atoms with van der Waals surface area (Å²) in [6.07, 6.45) is 1.81. The molecule has 0 aliphatic rings. The van der Waals surface area contributed by atoms with Crippen LogP contribution < -0.4 is 10.3 Å². The highest BCUT2D eigenvalue weighted by Gasteiger charge is 2.24. The van der Waals surface area contributed by atoms with Crippen molar-refractivity contribution in [3.63, 3.8) is 0 Å². The van der Waals surface area contributed by atoms with Crippen molar-refractivity contribution >= 4 is 16.8 Å². The van der Waals surface area contributed by atoms with E-state index in [9.17, 15) is 9.59 Å². The standard InChI is InChI=1S/C25H38N2O3/c1-9-13-26(14-12-24(2,3)4)22(28)17-27-21-16-19(30-8)11-10-18(21)15-20(23(27)29)25(5,6)7/h10-11,15-16H,9,12-14,17H2,1-8H3. The molecule has 0 spiro atoms. The van der Waals surface area contributed by atoms with E-state index in [-0.39, 0.29) is 28.8 Å². The minimum Gasteiger partial charge on any atom is -0.497 e. The third kappa shape index (κ3) is 5.87. The molecule has 1 aromatic heterocycles. The van der Waals surface area contributed by atoms with E-state index in [1.807, 2.05) is 49.9 Å². The zero-order valence-corrected chi connectivity index (χ0v) is 20.0. The molecule has 0 aliphatic heterocycles. The molecule has 0 unspecified atom stereocenters. The molecule has 0 atom stereocenters. The van der Waals surface area contributed by atoms with Crippen LogP contribution in [0.2, 0.25) is 0 Å². The summed E-state index contributed by atoms with van der Waals surface area (Å²) in [5, 5.41) is 0.935. The van der Waals surface area contributed by atoms with Gasteiger partial charge in [0.2, 0.25) is 5.91 Å². The van der Waals surface area contributed by atoms with Crippen molar-refractivity contribution in [2.75, 3.05) is 20.2 Å². The second kappa shape index (κ2) is 9.23. The maximum atomic E-state index is 13.4. The third-order valence-electron chi connectivity index (χ3n) is 5.38. The Bertz CT molecular complexity index is 946. The van der Waals surface area contributed by atoms with Crippen LogP contribution in [0.5, 0.6) is 5.75 Å². The van der Waals surface area contributed by atoms with Crippen LogP contribution in [-0.4, -0.2) is 35.6 Å². The molecule has 0 N–H and O–H groups in total. The first-order valence-corrected chi connectivity index (χ1v) is 10.9. The molecular formula is C25H38N2O3. The number of rotatable bonds is 7. The smallest absolute Gasteiger partial charge is 0.255 e. The summed E-state index contributed by atoms with van der Waals surface area (Å²) >= 11 is 0. The van der Waals surface area contributed by atoms with Crippen LogP contribution in [0, 0.1) is 5.41 Å². The summed E-state index contributed by atoms with van der Waals surface area (Å²) in [6, 6.07) is 7.63. The van der Waals surface area contributed by atoms with E-state index in [0.717, 1.165) is 23.7 Å². The second-order valence-electron chi connectivity index (χ2n) is 10.3. The number of carbonyl (C=O) groups is 1. The molecule has 5 nitrogen and oxygen atoms in total. The molecule has 1 heterocycles. The molecule has 166 valence electrons. The number of pyridine rings is 1. The fraction of sp³-hybridized carbons (Fsp3) is 0.600. The number of carbonyl (C=O) groups excluding carboxylic acids is 1. The molecule has 0 radical (unpaired) electrons. The van der Waals surface area contributed by atoms with Gasteiger partial charge in [0.15, 0.2) is 0 Å². The van der Waals surface area contributed by atoms with E-state index in [1.54, 1.807) is 11.7 Å². The zero-order valence-electron chi connectivity index (χ0n) is 20.0. The minimum absolute atomic E-state index is 0.0154. The van der Waals surface area contributed by atoms with Crippen molar-refractivity contribution in [2.45, 2.75) is 73.3 Å². The van der Waals surface area contributed by atoms with Crippen molar-refractivity contribution < 1.29 is 9.53 Å². The van der Waals surface area contributed by atoms with E-state index in [2.05, 4.69) is 27.7 Å². The summed E-state index contributed by atoms with van der Waals surface area (Å²) in [7, 11) is 1.60. The Morgan fingerprint density at radius 3 is 2.27 bits per heavy atom. The molecule has 0 fully saturated rings. The Kier molecular flexibility index (Phi) is 7.38. The zero-order chi connectivity index (χ0) is 22.7. The number of fused-ring (bicyclic) bond motifs is 1. The number of hydrogen-bond donors (Lipinski definition) is 0. The molecule has 5 heteroatoms. The van der Waals surface area contributed by atoms with Crippen LogP contribution in [0.3, 0.4) is 0 Å². The highest BCUT2D eigenvalue weighted by molar-refractivity contribution is 5.84. The Morgan fingerprint density at radius 2 is 1.73 bits per heavy atom. The average molecular weight is 415 g/mol. The summed E-state index contributed by atoms with van der Waals surface area (Å²) in [4.78, 5) is 28.6. The molecule has 30 heavy (non-hydrogen) atoms. The molecule has 1 aromatic carbocycles. The van der Waals surface area contributed by atoms with Crippen molar-refractivity contribution in [3.05, 3.63) is 40.2 Å². The summed E-state index contributed by atoms with van der Waals surface area (Å²) < 4.78 is 7.00. The second-order valence-corrected chi connectivity index (χ2v) is 10.3. The summed E-state index contributed by atoms with van der Waals surface area (Å²) in [5.41, 5.74) is 1.17. The van der Waals surface area contributed by atoms with E-state index in [0.29, 0.717) is 24.4 Å². The van der Waals surface area contributed by atoms with Crippen molar-refractivity contribution in [1.29, 1.82) is 0 Å². The Morgan fingerprint density at radius 1 is 1.07 bits per heavy atom. The van der Waals surface area contributed by atoms with E-state index >= 15 is 0 Å². The van der Waals surface area contributed by atoms with Gasteiger partial charge in [-0.05, 0) is 47.3 Å². The highest BCUT2D eigenvalue weighted by atomic mass is 16.5. The number of methoxy groups -OCH3 is 1. The van der Waals surface area contributed by atoms with Gasteiger partial charge < -0.3 is 9.64 Å².